The van der Waals surface area contributed by atoms with Crippen molar-refractivity contribution in [1.82, 2.24) is 19.6 Å². The molecule has 2 aromatic heterocycles. The zero-order valence-electron chi connectivity index (χ0n) is 13.9. The van der Waals surface area contributed by atoms with Crippen molar-refractivity contribution in [3.8, 4) is 5.75 Å². The maximum Gasteiger partial charge on any atom is 0.253 e. The van der Waals surface area contributed by atoms with Crippen LogP contribution in [0.5, 0.6) is 5.75 Å². The molecular weight excluding hydrogens is 406 g/mol. The average Bonchev–Trinajstić information content (AvgIpc) is 2.97. The third-order valence-electron chi connectivity index (χ3n) is 3.78. The number of rotatable bonds is 4. The monoisotopic (exact) mass is 421 g/mol. The lowest BCUT2D eigenvalue weighted by Gasteiger charge is -2.11. The quantitative estimate of drug-likeness (QED) is 0.496. The van der Waals surface area contributed by atoms with Crippen LogP contribution in [-0.4, -0.2) is 36.9 Å². The van der Waals surface area contributed by atoms with Gasteiger partial charge in [0.1, 0.15) is 5.75 Å². The van der Waals surface area contributed by atoms with E-state index in [-0.39, 0.29) is 18.1 Å². The van der Waals surface area contributed by atoms with E-state index in [2.05, 4.69) is 36.3 Å². The van der Waals surface area contributed by atoms with Gasteiger partial charge in [0.25, 0.3) is 5.78 Å². The molecule has 2 N–H and O–H groups in total. The third kappa shape index (κ3) is 3.62. The third-order valence-corrected chi connectivity index (χ3v) is 4.81. The molecule has 1 aromatic carbocycles. The molecule has 0 aliphatic rings. The number of amides is 1. The Balaban J connectivity index is 1.87. The largest absolute Gasteiger partial charge is 0.506 e. The highest BCUT2D eigenvalue weighted by Gasteiger charge is 2.16. The second-order valence-corrected chi connectivity index (χ2v) is 7.15. The predicted molar refractivity (Wildman–Crippen MR) is 100 cm³/mol. The highest BCUT2D eigenvalue weighted by atomic mass is 79.9. The summed E-state index contributed by atoms with van der Waals surface area (Å²) < 4.78 is 2.39. The smallest absolute Gasteiger partial charge is 0.253 e. The molecule has 0 aliphatic carbocycles. The van der Waals surface area contributed by atoms with Gasteiger partial charge >= 0.3 is 0 Å². The van der Waals surface area contributed by atoms with Crippen LogP contribution in [0.15, 0.2) is 27.8 Å². The van der Waals surface area contributed by atoms with Crippen molar-refractivity contribution in [2.75, 3.05) is 11.6 Å². The fraction of sp³-hybridized carbons (Fsp3) is 0.250. The van der Waals surface area contributed by atoms with Crippen LogP contribution in [0, 0.1) is 13.8 Å². The van der Waals surface area contributed by atoms with E-state index in [4.69, 9.17) is 0 Å². The van der Waals surface area contributed by atoms with Crippen molar-refractivity contribution >= 4 is 45.1 Å². The topological polar surface area (TPSA) is 92.4 Å². The van der Waals surface area contributed by atoms with E-state index in [1.54, 1.807) is 16.6 Å². The van der Waals surface area contributed by atoms with E-state index < -0.39 is 0 Å². The number of nitrogens with zero attached hydrogens (tertiary/aromatic N) is 4. The summed E-state index contributed by atoms with van der Waals surface area (Å²) in [5, 5.41) is 17.6. The first-order chi connectivity index (χ1) is 11.9. The first-order valence-corrected chi connectivity index (χ1v) is 9.46. The van der Waals surface area contributed by atoms with Crippen LogP contribution < -0.4 is 5.32 Å². The molecule has 0 unspecified atom stereocenters. The predicted octanol–water partition coefficient (Wildman–Crippen LogP) is 3.11. The van der Waals surface area contributed by atoms with Crippen molar-refractivity contribution in [1.29, 1.82) is 0 Å². The maximum atomic E-state index is 12.4. The number of aryl methyl sites for hydroxylation is 2. The molecule has 0 bridgehead atoms. The standard InChI is InChI=1S/C16H16BrN5O2S/c1-8-11(9(2)22-15(18-8)20-16(21-22)25-3)7-14(24)19-12-5-4-10(17)6-13(12)23/h4-6,23H,7H2,1-3H3,(H,19,24). The van der Waals surface area contributed by atoms with Crippen LogP contribution in [0.1, 0.15) is 17.0 Å². The van der Waals surface area contributed by atoms with E-state index in [1.165, 1.54) is 17.8 Å². The molecule has 2 heterocycles. The number of hydrogen-bond donors (Lipinski definition) is 2. The summed E-state index contributed by atoms with van der Waals surface area (Å²) in [5.41, 5.74) is 2.72. The van der Waals surface area contributed by atoms with Crippen LogP contribution in [0.3, 0.4) is 0 Å². The van der Waals surface area contributed by atoms with Crippen molar-refractivity contribution < 1.29 is 9.90 Å². The molecule has 9 heteroatoms. The molecule has 1 amide bonds. The lowest BCUT2D eigenvalue weighted by Crippen LogP contribution is -2.17. The molecule has 0 saturated carbocycles. The van der Waals surface area contributed by atoms with Crippen LogP contribution >= 0.6 is 27.7 Å². The van der Waals surface area contributed by atoms with Gasteiger partial charge in [-0.25, -0.2) is 9.50 Å². The van der Waals surface area contributed by atoms with Gasteiger partial charge in [-0.2, -0.15) is 4.98 Å². The Kier molecular flexibility index (Phi) is 4.96. The fourth-order valence-electron chi connectivity index (χ4n) is 2.50. The summed E-state index contributed by atoms with van der Waals surface area (Å²) in [5.74, 6) is 0.287. The van der Waals surface area contributed by atoms with Gasteiger partial charge in [-0.15, -0.1) is 5.10 Å². The number of hydrogen-bond acceptors (Lipinski definition) is 6. The lowest BCUT2D eigenvalue weighted by atomic mass is 10.1. The number of carbonyl (C=O) groups excluding carboxylic acids is 1. The highest BCUT2D eigenvalue weighted by molar-refractivity contribution is 9.10. The van der Waals surface area contributed by atoms with Crippen molar-refractivity contribution in [3.63, 3.8) is 0 Å². The number of carbonyl (C=O) groups is 1. The normalized spacial score (nSPS) is 11.0. The maximum absolute atomic E-state index is 12.4. The number of benzene rings is 1. The fourth-order valence-corrected chi connectivity index (χ4v) is 3.18. The van der Waals surface area contributed by atoms with E-state index in [1.807, 2.05) is 20.1 Å². The van der Waals surface area contributed by atoms with Gasteiger partial charge in [0, 0.05) is 21.4 Å². The number of aromatic nitrogens is 4. The summed E-state index contributed by atoms with van der Waals surface area (Å²) in [6, 6.07) is 4.92. The number of halogens is 1. The zero-order valence-corrected chi connectivity index (χ0v) is 16.3. The summed E-state index contributed by atoms with van der Waals surface area (Å²) in [7, 11) is 0. The summed E-state index contributed by atoms with van der Waals surface area (Å²) in [6.45, 7) is 3.74. The van der Waals surface area contributed by atoms with Crippen LogP contribution in [-0.2, 0) is 11.2 Å². The molecule has 3 aromatic rings. The number of fused-ring (bicyclic) bond motifs is 1. The molecular formula is C16H16BrN5O2S. The Bertz CT molecular complexity index is 973. The minimum absolute atomic E-state index is 0.00522. The number of aromatic hydroxyl groups is 1. The molecule has 0 radical (unpaired) electrons. The molecule has 7 nitrogen and oxygen atoms in total. The molecule has 0 saturated heterocycles. The van der Waals surface area contributed by atoms with Crippen molar-refractivity contribution in [3.05, 3.63) is 39.6 Å². The molecule has 0 aliphatic heterocycles. The molecule has 0 atom stereocenters. The van der Waals surface area contributed by atoms with E-state index in [0.717, 1.165) is 21.4 Å². The van der Waals surface area contributed by atoms with Gasteiger partial charge in [-0.3, -0.25) is 4.79 Å². The Morgan fingerprint density at radius 2 is 2.12 bits per heavy atom. The molecule has 3 rings (SSSR count). The minimum atomic E-state index is -0.241. The summed E-state index contributed by atoms with van der Waals surface area (Å²) in [4.78, 5) is 21.2. The van der Waals surface area contributed by atoms with Gasteiger partial charge < -0.3 is 10.4 Å². The Morgan fingerprint density at radius 1 is 1.36 bits per heavy atom. The molecule has 0 spiro atoms. The molecule has 0 fully saturated rings. The first-order valence-electron chi connectivity index (χ1n) is 7.44. The Morgan fingerprint density at radius 3 is 2.80 bits per heavy atom. The summed E-state index contributed by atoms with van der Waals surface area (Å²) >= 11 is 4.71. The highest BCUT2D eigenvalue weighted by Crippen LogP contribution is 2.27. The van der Waals surface area contributed by atoms with Gasteiger partial charge in [0.2, 0.25) is 11.1 Å². The number of thioether (sulfide) groups is 1. The minimum Gasteiger partial charge on any atom is -0.506 e. The van der Waals surface area contributed by atoms with Gasteiger partial charge in [-0.05, 0) is 38.3 Å². The van der Waals surface area contributed by atoms with Gasteiger partial charge in [0.05, 0.1) is 12.1 Å². The SMILES string of the molecule is CSc1nc2nc(C)c(CC(=O)Nc3ccc(Br)cc3O)c(C)n2n1. The van der Waals surface area contributed by atoms with Crippen LogP contribution in [0.2, 0.25) is 0 Å². The van der Waals surface area contributed by atoms with Gasteiger partial charge in [-0.1, -0.05) is 27.7 Å². The Labute approximate surface area is 157 Å². The van der Waals surface area contributed by atoms with Gasteiger partial charge in [0.15, 0.2) is 0 Å². The molecule has 130 valence electrons. The number of phenols is 1. The number of anilines is 1. The lowest BCUT2D eigenvalue weighted by molar-refractivity contribution is -0.115. The van der Waals surface area contributed by atoms with Crippen molar-refractivity contribution in [2.24, 2.45) is 0 Å². The second-order valence-electron chi connectivity index (χ2n) is 5.46. The second kappa shape index (κ2) is 7.01. The van der Waals surface area contributed by atoms with E-state index in [0.29, 0.717) is 16.6 Å². The van der Waals surface area contributed by atoms with Crippen LogP contribution in [0.4, 0.5) is 5.69 Å². The van der Waals surface area contributed by atoms with Crippen LogP contribution in [0.25, 0.3) is 5.78 Å². The average molecular weight is 422 g/mol. The Hall–Kier alpha value is -2.13. The number of nitrogens with one attached hydrogen (secondary N) is 1. The van der Waals surface area contributed by atoms with Crippen molar-refractivity contribution in [2.45, 2.75) is 25.4 Å². The first kappa shape index (κ1) is 17.7. The zero-order chi connectivity index (χ0) is 18.1. The number of phenolic OH excluding ortho intramolecular Hbond substituents is 1. The molecule has 25 heavy (non-hydrogen) atoms. The van der Waals surface area contributed by atoms with E-state index >= 15 is 0 Å². The van der Waals surface area contributed by atoms with E-state index in [9.17, 15) is 9.90 Å². The summed E-state index contributed by atoms with van der Waals surface area (Å²) in [6.07, 6.45) is 2.03.